The average molecular weight is 434 g/mol. The van der Waals surface area contributed by atoms with Crippen LogP contribution in [0.25, 0.3) is 0 Å². The van der Waals surface area contributed by atoms with Crippen molar-refractivity contribution in [3.8, 4) is 5.75 Å². The summed E-state index contributed by atoms with van der Waals surface area (Å²) in [4.78, 5) is 38.0. The van der Waals surface area contributed by atoms with E-state index >= 15 is 0 Å². The van der Waals surface area contributed by atoms with E-state index in [9.17, 15) is 14.4 Å². The van der Waals surface area contributed by atoms with Crippen LogP contribution in [0.15, 0.2) is 24.3 Å². The molecule has 8 heteroatoms. The Hall–Kier alpha value is -2.77. The van der Waals surface area contributed by atoms with E-state index in [0.717, 1.165) is 17.7 Å². The lowest BCUT2D eigenvalue weighted by Gasteiger charge is -2.32. The van der Waals surface area contributed by atoms with E-state index in [0.29, 0.717) is 25.9 Å². The SMILES string of the molecule is CCc1ccccc1OCC(=O)NC1CCN(C(=O)CCNC(=O)OC(C)(C)C)CC1. The number of benzene rings is 1. The molecule has 0 spiro atoms. The van der Waals surface area contributed by atoms with Crippen molar-refractivity contribution >= 4 is 17.9 Å². The van der Waals surface area contributed by atoms with Crippen LogP contribution in [0.3, 0.4) is 0 Å². The van der Waals surface area contributed by atoms with Gasteiger partial charge >= 0.3 is 6.09 Å². The van der Waals surface area contributed by atoms with Crippen molar-refractivity contribution in [2.45, 2.75) is 65.0 Å². The number of aryl methyl sites for hydroxylation is 1. The molecule has 1 saturated heterocycles. The Balaban J connectivity index is 1.64. The predicted molar refractivity (Wildman–Crippen MR) is 118 cm³/mol. The Kier molecular flexibility index (Phi) is 9.15. The summed E-state index contributed by atoms with van der Waals surface area (Å²) < 4.78 is 10.8. The first kappa shape index (κ1) is 24.5. The topological polar surface area (TPSA) is 97.0 Å². The third kappa shape index (κ3) is 8.86. The molecular weight excluding hydrogens is 398 g/mol. The summed E-state index contributed by atoms with van der Waals surface area (Å²) in [7, 11) is 0. The van der Waals surface area contributed by atoms with Gasteiger partial charge in [0.15, 0.2) is 6.61 Å². The molecule has 1 heterocycles. The van der Waals surface area contributed by atoms with Gasteiger partial charge in [-0.05, 0) is 51.7 Å². The minimum Gasteiger partial charge on any atom is -0.483 e. The van der Waals surface area contributed by atoms with Gasteiger partial charge in [0.05, 0.1) is 0 Å². The molecule has 8 nitrogen and oxygen atoms in total. The smallest absolute Gasteiger partial charge is 0.407 e. The highest BCUT2D eigenvalue weighted by molar-refractivity contribution is 5.78. The van der Waals surface area contributed by atoms with Crippen molar-refractivity contribution in [2.75, 3.05) is 26.2 Å². The minimum atomic E-state index is -0.565. The number of piperidine rings is 1. The zero-order chi connectivity index (χ0) is 22.9. The molecule has 1 fully saturated rings. The molecule has 172 valence electrons. The number of nitrogens with one attached hydrogen (secondary N) is 2. The fourth-order valence-electron chi connectivity index (χ4n) is 3.37. The summed E-state index contributed by atoms with van der Waals surface area (Å²) in [6, 6.07) is 7.73. The third-order valence-corrected chi connectivity index (χ3v) is 4.93. The van der Waals surface area contributed by atoms with Crippen LogP contribution in [-0.4, -0.2) is 60.7 Å². The van der Waals surface area contributed by atoms with E-state index in [1.807, 2.05) is 31.2 Å². The number of hydrogen-bond acceptors (Lipinski definition) is 5. The lowest BCUT2D eigenvalue weighted by molar-refractivity contribution is -0.132. The van der Waals surface area contributed by atoms with Gasteiger partial charge in [0, 0.05) is 32.1 Å². The second-order valence-corrected chi connectivity index (χ2v) is 8.65. The molecule has 0 aliphatic carbocycles. The maximum absolute atomic E-state index is 12.3. The Morgan fingerprint density at radius 2 is 1.81 bits per heavy atom. The van der Waals surface area contributed by atoms with Crippen molar-refractivity contribution in [3.05, 3.63) is 29.8 Å². The Bertz CT molecular complexity index is 752. The summed E-state index contributed by atoms with van der Waals surface area (Å²) in [6.07, 6.45) is 1.94. The molecule has 0 atom stereocenters. The second kappa shape index (κ2) is 11.6. The number of para-hydroxylation sites is 1. The molecule has 0 aromatic heterocycles. The van der Waals surface area contributed by atoms with Crippen LogP contribution in [0.4, 0.5) is 4.79 Å². The molecule has 3 amide bonds. The maximum Gasteiger partial charge on any atom is 0.407 e. The highest BCUT2D eigenvalue weighted by atomic mass is 16.6. The van der Waals surface area contributed by atoms with Gasteiger partial charge in [-0.1, -0.05) is 25.1 Å². The number of carbonyl (C=O) groups is 3. The predicted octanol–water partition coefficient (Wildman–Crippen LogP) is 2.65. The van der Waals surface area contributed by atoms with Crippen LogP contribution in [0.5, 0.6) is 5.75 Å². The Morgan fingerprint density at radius 3 is 2.45 bits per heavy atom. The highest BCUT2D eigenvalue weighted by Gasteiger charge is 2.24. The molecule has 1 aliphatic heterocycles. The Morgan fingerprint density at radius 1 is 1.13 bits per heavy atom. The molecule has 2 N–H and O–H groups in total. The molecule has 1 aromatic rings. The lowest BCUT2D eigenvalue weighted by Crippen LogP contribution is -2.48. The average Bonchev–Trinajstić information content (AvgIpc) is 2.71. The summed E-state index contributed by atoms with van der Waals surface area (Å²) in [5.41, 5.74) is 0.508. The first-order valence-corrected chi connectivity index (χ1v) is 10.9. The summed E-state index contributed by atoms with van der Waals surface area (Å²) >= 11 is 0. The van der Waals surface area contributed by atoms with Crippen LogP contribution in [-0.2, 0) is 20.7 Å². The first-order valence-electron chi connectivity index (χ1n) is 10.9. The van der Waals surface area contributed by atoms with Crippen LogP contribution >= 0.6 is 0 Å². The summed E-state index contributed by atoms with van der Waals surface area (Å²) in [6.45, 7) is 8.79. The van der Waals surface area contributed by atoms with Crippen LogP contribution in [0.2, 0.25) is 0 Å². The second-order valence-electron chi connectivity index (χ2n) is 8.65. The van der Waals surface area contributed by atoms with E-state index in [2.05, 4.69) is 10.6 Å². The number of alkyl carbamates (subject to hydrolysis) is 1. The quantitative estimate of drug-likeness (QED) is 0.657. The van der Waals surface area contributed by atoms with E-state index in [1.165, 1.54) is 0 Å². The van der Waals surface area contributed by atoms with Gasteiger partial charge in [-0.25, -0.2) is 4.79 Å². The Labute approximate surface area is 184 Å². The summed E-state index contributed by atoms with van der Waals surface area (Å²) in [5, 5.41) is 5.59. The van der Waals surface area contributed by atoms with Gasteiger partial charge in [0.1, 0.15) is 11.4 Å². The number of amides is 3. The maximum atomic E-state index is 12.3. The molecule has 2 rings (SSSR count). The van der Waals surface area contributed by atoms with Gasteiger partial charge in [0.2, 0.25) is 5.91 Å². The highest BCUT2D eigenvalue weighted by Crippen LogP contribution is 2.18. The molecule has 1 aliphatic rings. The van der Waals surface area contributed by atoms with E-state index < -0.39 is 11.7 Å². The minimum absolute atomic E-state index is 0.0136. The van der Waals surface area contributed by atoms with Gasteiger partial charge in [-0.3, -0.25) is 9.59 Å². The zero-order valence-corrected chi connectivity index (χ0v) is 19.0. The fraction of sp³-hybridized carbons (Fsp3) is 0.609. The van der Waals surface area contributed by atoms with Crippen molar-refractivity contribution in [2.24, 2.45) is 0 Å². The van der Waals surface area contributed by atoms with Crippen molar-refractivity contribution < 1.29 is 23.9 Å². The van der Waals surface area contributed by atoms with Crippen LogP contribution < -0.4 is 15.4 Å². The third-order valence-electron chi connectivity index (χ3n) is 4.93. The zero-order valence-electron chi connectivity index (χ0n) is 19.0. The number of carbonyl (C=O) groups excluding carboxylic acids is 3. The molecule has 1 aromatic carbocycles. The molecule has 31 heavy (non-hydrogen) atoms. The molecular formula is C23H35N3O5. The number of ether oxygens (including phenoxy) is 2. The number of hydrogen-bond donors (Lipinski definition) is 2. The van der Waals surface area contributed by atoms with Gasteiger partial charge in [-0.2, -0.15) is 0 Å². The van der Waals surface area contributed by atoms with E-state index in [-0.39, 0.29) is 37.4 Å². The normalized spacial score (nSPS) is 14.6. The van der Waals surface area contributed by atoms with Crippen molar-refractivity contribution in [1.29, 1.82) is 0 Å². The molecule has 0 saturated carbocycles. The van der Waals surface area contributed by atoms with Crippen LogP contribution in [0, 0.1) is 0 Å². The van der Waals surface area contributed by atoms with E-state index in [1.54, 1.807) is 25.7 Å². The number of likely N-dealkylation sites (tertiary alicyclic amines) is 1. The lowest BCUT2D eigenvalue weighted by atomic mass is 10.0. The van der Waals surface area contributed by atoms with E-state index in [4.69, 9.17) is 9.47 Å². The molecule has 0 bridgehead atoms. The first-order chi connectivity index (χ1) is 14.7. The number of nitrogens with zero attached hydrogens (tertiary/aromatic N) is 1. The largest absolute Gasteiger partial charge is 0.483 e. The summed E-state index contributed by atoms with van der Waals surface area (Å²) in [5.74, 6) is 0.568. The van der Waals surface area contributed by atoms with Crippen LogP contribution in [0.1, 0.15) is 52.5 Å². The standard InChI is InChI=1S/C23H35N3O5/c1-5-17-8-6-7-9-19(17)30-16-20(27)25-18-11-14-26(15-12-18)21(28)10-13-24-22(29)31-23(2,3)4/h6-9,18H,5,10-16H2,1-4H3,(H,24,29)(H,25,27). The number of rotatable bonds is 8. The van der Waals surface area contributed by atoms with Gasteiger partial charge in [-0.15, -0.1) is 0 Å². The fourth-order valence-corrected chi connectivity index (χ4v) is 3.37. The molecule has 0 unspecified atom stereocenters. The monoisotopic (exact) mass is 433 g/mol. The van der Waals surface area contributed by atoms with Crippen molar-refractivity contribution in [1.82, 2.24) is 15.5 Å². The molecule has 0 radical (unpaired) electrons. The van der Waals surface area contributed by atoms with Gasteiger partial charge < -0.3 is 25.0 Å². The van der Waals surface area contributed by atoms with Crippen molar-refractivity contribution in [3.63, 3.8) is 0 Å². The van der Waals surface area contributed by atoms with Gasteiger partial charge in [0.25, 0.3) is 5.91 Å².